The first-order valence-corrected chi connectivity index (χ1v) is 6.07. The molecule has 0 saturated carbocycles. The van der Waals surface area contributed by atoms with E-state index in [2.05, 4.69) is 5.32 Å². The predicted molar refractivity (Wildman–Crippen MR) is 76.8 cm³/mol. The third-order valence-electron chi connectivity index (χ3n) is 2.86. The molecule has 2 aromatic rings. The number of benzene rings is 2. The Morgan fingerprint density at radius 1 is 1.05 bits per heavy atom. The molecular weight excluding hydrogens is 266 g/mol. The molecule has 0 unspecified atom stereocenters. The van der Waals surface area contributed by atoms with Crippen molar-refractivity contribution in [1.29, 1.82) is 10.5 Å². The zero-order valence-corrected chi connectivity index (χ0v) is 11.3. The number of hydrogen-bond acceptors (Lipinski definition) is 4. The van der Waals surface area contributed by atoms with E-state index >= 15 is 0 Å². The van der Waals surface area contributed by atoms with Gasteiger partial charge >= 0.3 is 0 Å². The van der Waals surface area contributed by atoms with Crippen molar-refractivity contribution in [1.82, 2.24) is 0 Å². The van der Waals surface area contributed by atoms with Crippen LogP contribution in [0.2, 0.25) is 0 Å². The Bertz CT molecular complexity index is 753. The molecule has 21 heavy (non-hydrogen) atoms. The number of nitriles is 2. The third-order valence-corrected chi connectivity index (χ3v) is 2.86. The number of carbonyl (C=O) groups is 1. The van der Waals surface area contributed by atoms with Crippen molar-refractivity contribution < 1.29 is 9.53 Å². The SMILES string of the molecule is COc1cc(C#N)ccc1NC(=O)c1ccc(C#N)cc1. The molecule has 102 valence electrons. The molecule has 0 fully saturated rings. The average molecular weight is 277 g/mol. The summed E-state index contributed by atoms with van der Waals surface area (Å²) in [5.74, 6) is 0.0959. The molecule has 0 saturated heterocycles. The summed E-state index contributed by atoms with van der Waals surface area (Å²) in [5, 5.41) is 20.3. The number of methoxy groups -OCH3 is 1. The standard InChI is InChI=1S/C16H11N3O2/c1-21-15-8-12(10-18)4-7-14(15)19-16(20)13-5-2-11(9-17)3-6-13/h2-8H,1H3,(H,19,20). The van der Waals surface area contributed by atoms with E-state index in [0.29, 0.717) is 28.1 Å². The maximum absolute atomic E-state index is 12.1. The van der Waals surface area contributed by atoms with Gasteiger partial charge in [0.05, 0.1) is 36.1 Å². The number of hydrogen-bond donors (Lipinski definition) is 1. The lowest BCUT2D eigenvalue weighted by atomic mass is 10.1. The van der Waals surface area contributed by atoms with Crippen LogP contribution >= 0.6 is 0 Å². The Kier molecular flexibility index (Phi) is 4.18. The molecule has 0 aliphatic carbocycles. The summed E-state index contributed by atoms with van der Waals surface area (Å²) in [7, 11) is 1.47. The summed E-state index contributed by atoms with van der Waals surface area (Å²) in [6, 6.07) is 15.0. The molecule has 2 aromatic carbocycles. The van der Waals surface area contributed by atoms with Gasteiger partial charge in [-0.2, -0.15) is 10.5 Å². The quantitative estimate of drug-likeness (QED) is 0.934. The van der Waals surface area contributed by atoms with Crippen molar-refractivity contribution in [2.75, 3.05) is 12.4 Å². The summed E-state index contributed by atoms with van der Waals surface area (Å²) >= 11 is 0. The Labute approximate surface area is 122 Å². The number of ether oxygens (including phenoxy) is 1. The van der Waals surface area contributed by atoms with E-state index in [1.165, 1.54) is 7.11 Å². The van der Waals surface area contributed by atoms with Crippen LogP contribution < -0.4 is 10.1 Å². The molecule has 0 atom stereocenters. The van der Waals surface area contributed by atoms with Crippen LogP contribution in [0, 0.1) is 22.7 Å². The molecule has 0 spiro atoms. The molecule has 1 amide bonds. The largest absolute Gasteiger partial charge is 0.495 e. The molecule has 0 heterocycles. The van der Waals surface area contributed by atoms with Gasteiger partial charge in [-0.3, -0.25) is 4.79 Å². The molecule has 5 nitrogen and oxygen atoms in total. The van der Waals surface area contributed by atoms with E-state index in [9.17, 15) is 4.79 Å². The summed E-state index contributed by atoms with van der Waals surface area (Å²) in [4.78, 5) is 12.1. The van der Waals surface area contributed by atoms with Gasteiger partial charge in [-0.15, -0.1) is 0 Å². The molecule has 0 radical (unpaired) electrons. The van der Waals surface area contributed by atoms with Crippen molar-refractivity contribution in [2.24, 2.45) is 0 Å². The highest BCUT2D eigenvalue weighted by atomic mass is 16.5. The summed E-state index contributed by atoms with van der Waals surface area (Å²) < 4.78 is 5.15. The van der Waals surface area contributed by atoms with Gasteiger partial charge in [0.25, 0.3) is 5.91 Å². The van der Waals surface area contributed by atoms with Crippen LogP contribution in [0.15, 0.2) is 42.5 Å². The Morgan fingerprint density at radius 3 is 2.24 bits per heavy atom. The van der Waals surface area contributed by atoms with Gasteiger partial charge in [0.2, 0.25) is 0 Å². The van der Waals surface area contributed by atoms with E-state index < -0.39 is 0 Å². The maximum atomic E-state index is 12.1. The number of amides is 1. The van der Waals surface area contributed by atoms with E-state index in [1.807, 2.05) is 12.1 Å². The normalized spacial score (nSPS) is 9.29. The molecule has 0 aliphatic rings. The molecule has 0 bridgehead atoms. The number of rotatable bonds is 3. The van der Waals surface area contributed by atoms with Crippen LogP contribution in [-0.2, 0) is 0 Å². The third kappa shape index (κ3) is 3.17. The summed E-state index contributed by atoms with van der Waals surface area (Å²) in [6.45, 7) is 0. The number of anilines is 1. The highest BCUT2D eigenvalue weighted by molar-refractivity contribution is 6.05. The second-order valence-electron chi connectivity index (χ2n) is 4.17. The van der Waals surface area contributed by atoms with Crippen LogP contribution in [-0.4, -0.2) is 13.0 Å². The number of nitrogens with zero attached hydrogens (tertiary/aromatic N) is 2. The van der Waals surface area contributed by atoms with Gasteiger partial charge in [0.1, 0.15) is 5.75 Å². The fourth-order valence-electron chi connectivity index (χ4n) is 1.75. The lowest BCUT2D eigenvalue weighted by Gasteiger charge is -2.10. The zero-order valence-electron chi connectivity index (χ0n) is 11.3. The Morgan fingerprint density at radius 2 is 1.67 bits per heavy atom. The molecule has 5 heteroatoms. The average Bonchev–Trinajstić information content (AvgIpc) is 2.55. The van der Waals surface area contributed by atoms with Crippen LogP contribution in [0.3, 0.4) is 0 Å². The van der Waals surface area contributed by atoms with Gasteiger partial charge < -0.3 is 10.1 Å². The monoisotopic (exact) mass is 277 g/mol. The van der Waals surface area contributed by atoms with Gasteiger partial charge in [-0.05, 0) is 36.4 Å². The van der Waals surface area contributed by atoms with E-state index in [1.54, 1.807) is 42.5 Å². The van der Waals surface area contributed by atoms with Crippen molar-refractivity contribution in [3.8, 4) is 17.9 Å². The minimum absolute atomic E-state index is 0.317. The minimum atomic E-state index is -0.317. The van der Waals surface area contributed by atoms with Crippen LogP contribution in [0.1, 0.15) is 21.5 Å². The molecule has 0 aliphatic heterocycles. The predicted octanol–water partition coefficient (Wildman–Crippen LogP) is 2.69. The minimum Gasteiger partial charge on any atom is -0.495 e. The molecule has 0 aromatic heterocycles. The van der Waals surface area contributed by atoms with E-state index in [4.69, 9.17) is 15.3 Å². The van der Waals surface area contributed by atoms with Crippen LogP contribution in [0.25, 0.3) is 0 Å². The van der Waals surface area contributed by atoms with Gasteiger partial charge in [0, 0.05) is 11.6 Å². The second kappa shape index (κ2) is 6.23. The first kappa shape index (κ1) is 14.1. The summed E-state index contributed by atoms with van der Waals surface area (Å²) in [6.07, 6.45) is 0. The zero-order chi connectivity index (χ0) is 15.2. The molecule has 2 rings (SSSR count). The highest BCUT2D eigenvalue weighted by Crippen LogP contribution is 2.25. The first-order valence-electron chi connectivity index (χ1n) is 6.07. The molecule has 1 N–H and O–H groups in total. The lowest BCUT2D eigenvalue weighted by molar-refractivity contribution is 0.102. The molecular formula is C16H11N3O2. The van der Waals surface area contributed by atoms with Gasteiger partial charge in [0.15, 0.2) is 0 Å². The van der Waals surface area contributed by atoms with Crippen molar-refractivity contribution >= 4 is 11.6 Å². The van der Waals surface area contributed by atoms with E-state index in [0.717, 1.165) is 0 Å². The topological polar surface area (TPSA) is 85.9 Å². The first-order chi connectivity index (χ1) is 10.2. The van der Waals surface area contributed by atoms with Crippen LogP contribution in [0.4, 0.5) is 5.69 Å². The fraction of sp³-hybridized carbons (Fsp3) is 0.0625. The Balaban J connectivity index is 2.23. The van der Waals surface area contributed by atoms with E-state index in [-0.39, 0.29) is 5.91 Å². The Hall–Kier alpha value is -3.31. The van der Waals surface area contributed by atoms with Crippen molar-refractivity contribution in [2.45, 2.75) is 0 Å². The van der Waals surface area contributed by atoms with Crippen molar-refractivity contribution in [3.63, 3.8) is 0 Å². The number of nitrogens with one attached hydrogen (secondary N) is 1. The number of carbonyl (C=O) groups excluding carboxylic acids is 1. The maximum Gasteiger partial charge on any atom is 0.255 e. The second-order valence-corrected chi connectivity index (χ2v) is 4.17. The lowest BCUT2D eigenvalue weighted by Crippen LogP contribution is -2.12. The summed E-state index contributed by atoms with van der Waals surface area (Å²) in [5.41, 5.74) is 1.84. The smallest absolute Gasteiger partial charge is 0.255 e. The van der Waals surface area contributed by atoms with Crippen LogP contribution in [0.5, 0.6) is 5.75 Å². The van der Waals surface area contributed by atoms with Gasteiger partial charge in [-0.25, -0.2) is 0 Å². The highest BCUT2D eigenvalue weighted by Gasteiger charge is 2.10. The van der Waals surface area contributed by atoms with Gasteiger partial charge in [-0.1, -0.05) is 0 Å². The fourth-order valence-corrected chi connectivity index (χ4v) is 1.75. The van der Waals surface area contributed by atoms with Crippen molar-refractivity contribution in [3.05, 3.63) is 59.2 Å².